The van der Waals surface area contributed by atoms with E-state index in [1.54, 1.807) is 0 Å². The zero-order valence-electron chi connectivity index (χ0n) is 13.6. The minimum absolute atomic E-state index is 0.608. The summed E-state index contributed by atoms with van der Waals surface area (Å²) in [6.07, 6.45) is 2.70. The Bertz CT molecular complexity index is 418. The largest absolute Gasteiger partial charge is 0.374 e. The van der Waals surface area contributed by atoms with Crippen molar-refractivity contribution in [2.75, 3.05) is 26.7 Å². The van der Waals surface area contributed by atoms with Crippen LogP contribution >= 0.6 is 0 Å². The van der Waals surface area contributed by atoms with E-state index in [-0.39, 0.29) is 0 Å². The molecule has 0 atom stereocenters. The summed E-state index contributed by atoms with van der Waals surface area (Å²) >= 11 is 0. The molecule has 0 radical (unpaired) electrons. The van der Waals surface area contributed by atoms with Crippen molar-refractivity contribution in [1.29, 1.82) is 0 Å². The fourth-order valence-electron chi connectivity index (χ4n) is 2.28. The summed E-state index contributed by atoms with van der Waals surface area (Å²) in [6, 6.07) is 6.98. The highest BCUT2D eigenvalue weighted by molar-refractivity contribution is 5.10. The Kier molecular flexibility index (Phi) is 6.61. The summed E-state index contributed by atoms with van der Waals surface area (Å²) < 4.78 is 5.74. The predicted molar refractivity (Wildman–Crippen MR) is 86.1 cm³/mol. The van der Waals surface area contributed by atoms with Crippen molar-refractivity contribution in [3.05, 3.63) is 29.6 Å². The molecule has 1 aromatic rings. The van der Waals surface area contributed by atoms with Crippen LogP contribution < -0.4 is 5.32 Å². The molecule has 2 rings (SSSR count). The second-order valence-electron chi connectivity index (χ2n) is 6.41. The third-order valence-electron chi connectivity index (χ3n) is 3.73. The number of nitrogens with one attached hydrogen (secondary N) is 1. The number of nitrogens with zero attached hydrogens (tertiary/aromatic N) is 2. The molecule has 1 fully saturated rings. The van der Waals surface area contributed by atoms with E-state index >= 15 is 0 Å². The van der Waals surface area contributed by atoms with Gasteiger partial charge in [0, 0.05) is 19.1 Å². The maximum absolute atomic E-state index is 5.74. The maximum atomic E-state index is 5.74. The van der Waals surface area contributed by atoms with Gasteiger partial charge in [0.15, 0.2) is 0 Å². The van der Waals surface area contributed by atoms with Crippen molar-refractivity contribution in [1.82, 2.24) is 15.2 Å². The highest BCUT2D eigenvalue weighted by Gasteiger charge is 2.25. The smallest absolute Gasteiger partial charge is 0.0888 e. The van der Waals surface area contributed by atoms with E-state index in [0.29, 0.717) is 12.5 Å². The number of hydrogen-bond donors (Lipinski definition) is 1. The highest BCUT2D eigenvalue weighted by Crippen LogP contribution is 2.24. The lowest BCUT2D eigenvalue weighted by Gasteiger charge is -2.15. The lowest BCUT2D eigenvalue weighted by atomic mass is 10.2. The van der Waals surface area contributed by atoms with Gasteiger partial charge in [0.25, 0.3) is 0 Å². The summed E-state index contributed by atoms with van der Waals surface area (Å²) in [5.41, 5.74) is 2.11. The van der Waals surface area contributed by atoms with Gasteiger partial charge in [0.2, 0.25) is 0 Å². The van der Waals surface area contributed by atoms with Crippen molar-refractivity contribution in [2.45, 2.75) is 45.9 Å². The first-order valence-electron chi connectivity index (χ1n) is 8.08. The molecule has 0 amide bonds. The van der Waals surface area contributed by atoms with E-state index in [9.17, 15) is 0 Å². The van der Waals surface area contributed by atoms with Gasteiger partial charge < -0.3 is 15.0 Å². The number of hydrogen-bond acceptors (Lipinski definition) is 4. The molecule has 0 spiro atoms. The fraction of sp³-hybridized carbons (Fsp3) is 0.706. The van der Waals surface area contributed by atoms with E-state index < -0.39 is 0 Å². The van der Waals surface area contributed by atoms with Crippen LogP contribution in [0.25, 0.3) is 0 Å². The first-order valence-corrected chi connectivity index (χ1v) is 8.08. The number of pyridine rings is 1. The molecule has 0 unspecified atom stereocenters. The summed E-state index contributed by atoms with van der Waals surface area (Å²) in [5, 5.41) is 3.42. The van der Waals surface area contributed by atoms with Crippen LogP contribution in [0, 0.1) is 5.92 Å². The zero-order chi connectivity index (χ0) is 15.1. The summed E-state index contributed by atoms with van der Waals surface area (Å²) in [7, 11) is 2.18. The van der Waals surface area contributed by atoms with Crippen LogP contribution in [-0.2, 0) is 17.9 Å². The van der Waals surface area contributed by atoms with Gasteiger partial charge in [-0.3, -0.25) is 4.98 Å². The van der Waals surface area contributed by atoms with Gasteiger partial charge >= 0.3 is 0 Å². The summed E-state index contributed by atoms with van der Waals surface area (Å²) in [4.78, 5) is 7.02. The minimum Gasteiger partial charge on any atom is -0.374 e. The predicted octanol–water partition coefficient (Wildman–Crippen LogP) is 2.44. The van der Waals surface area contributed by atoms with Crippen LogP contribution in [0.3, 0.4) is 0 Å². The standard InChI is InChI=1S/C17H29N3O/c1-14(2)11-18-12-15-5-4-6-16(19-15)13-21-10-9-20(3)17-7-8-17/h4-6,14,17-18H,7-13H2,1-3H3. The summed E-state index contributed by atoms with van der Waals surface area (Å²) in [5.74, 6) is 0.667. The van der Waals surface area contributed by atoms with Gasteiger partial charge in [-0.1, -0.05) is 19.9 Å². The normalized spacial score (nSPS) is 15.1. The Morgan fingerprint density at radius 3 is 2.81 bits per heavy atom. The molecule has 0 saturated heterocycles. The molecule has 1 saturated carbocycles. The number of ether oxygens (including phenoxy) is 1. The van der Waals surface area contributed by atoms with Crippen LogP contribution in [0.4, 0.5) is 0 Å². The SMILES string of the molecule is CC(C)CNCc1cccc(COCCN(C)C2CC2)n1. The lowest BCUT2D eigenvalue weighted by Crippen LogP contribution is -2.25. The van der Waals surface area contributed by atoms with Gasteiger partial charge in [-0.05, 0) is 44.5 Å². The van der Waals surface area contributed by atoms with E-state index in [1.165, 1.54) is 12.8 Å². The van der Waals surface area contributed by atoms with Crippen molar-refractivity contribution in [3.63, 3.8) is 0 Å². The van der Waals surface area contributed by atoms with Gasteiger partial charge in [-0.15, -0.1) is 0 Å². The molecule has 4 nitrogen and oxygen atoms in total. The van der Waals surface area contributed by atoms with Gasteiger partial charge in [0.05, 0.1) is 24.6 Å². The average molecular weight is 291 g/mol. The molecule has 1 aromatic heterocycles. The Labute approximate surface area is 128 Å². The summed E-state index contributed by atoms with van der Waals surface area (Å²) in [6.45, 7) is 8.68. The minimum atomic E-state index is 0.608. The van der Waals surface area contributed by atoms with Crippen LogP contribution in [0.1, 0.15) is 38.1 Å². The number of rotatable bonds is 10. The first-order chi connectivity index (χ1) is 10.1. The Morgan fingerprint density at radius 1 is 1.33 bits per heavy atom. The second-order valence-corrected chi connectivity index (χ2v) is 6.41. The van der Waals surface area contributed by atoms with E-state index in [0.717, 1.165) is 43.7 Å². The molecule has 21 heavy (non-hydrogen) atoms. The molecule has 0 aromatic carbocycles. The molecule has 1 aliphatic rings. The highest BCUT2D eigenvalue weighted by atomic mass is 16.5. The quantitative estimate of drug-likeness (QED) is 0.672. The van der Waals surface area contributed by atoms with Crippen molar-refractivity contribution in [2.24, 2.45) is 5.92 Å². The fourth-order valence-corrected chi connectivity index (χ4v) is 2.28. The molecule has 0 bridgehead atoms. The van der Waals surface area contributed by atoms with Crippen LogP contribution in [0.2, 0.25) is 0 Å². The second kappa shape index (κ2) is 8.47. The average Bonchev–Trinajstić information content (AvgIpc) is 3.28. The number of aromatic nitrogens is 1. The van der Waals surface area contributed by atoms with Crippen molar-refractivity contribution < 1.29 is 4.74 Å². The van der Waals surface area contributed by atoms with Gasteiger partial charge in [-0.25, -0.2) is 0 Å². The molecular formula is C17H29N3O. The van der Waals surface area contributed by atoms with E-state index in [2.05, 4.69) is 48.2 Å². The van der Waals surface area contributed by atoms with Crippen LogP contribution in [0.5, 0.6) is 0 Å². The zero-order valence-corrected chi connectivity index (χ0v) is 13.6. The lowest BCUT2D eigenvalue weighted by molar-refractivity contribution is 0.0956. The van der Waals surface area contributed by atoms with E-state index in [1.807, 2.05) is 6.07 Å². The first kappa shape index (κ1) is 16.4. The van der Waals surface area contributed by atoms with Gasteiger partial charge in [-0.2, -0.15) is 0 Å². The molecular weight excluding hydrogens is 262 g/mol. The molecule has 1 N–H and O–H groups in total. The Morgan fingerprint density at radius 2 is 2.10 bits per heavy atom. The third-order valence-corrected chi connectivity index (χ3v) is 3.73. The molecule has 1 aliphatic carbocycles. The monoisotopic (exact) mass is 291 g/mol. The Hall–Kier alpha value is -0.970. The molecule has 1 heterocycles. The van der Waals surface area contributed by atoms with Crippen molar-refractivity contribution in [3.8, 4) is 0 Å². The Balaban J connectivity index is 1.65. The molecule has 0 aliphatic heterocycles. The molecule has 118 valence electrons. The maximum Gasteiger partial charge on any atom is 0.0888 e. The topological polar surface area (TPSA) is 37.4 Å². The molecule has 4 heteroatoms. The van der Waals surface area contributed by atoms with Gasteiger partial charge in [0.1, 0.15) is 0 Å². The van der Waals surface area contributed by atoms with Crippen LogP contribution in [0.15, 0.2) is 18.2 Å². The van der Waals surface area contributed by atoms with E-state index in [4.69, 9.17) is 4.74 Å². The number of likely N-dealkylation sites (N-methyl/N-ethyl adjacent to an activating group) is 1. The van der Waals surface area contributed by atoms with Crippen LogP contribution in [-0.4, -0.2) is 42.7 Å². The van der Waals surface area contributed by atoms with Crippen molar-refractivity contribution >= 4 is 0 Å². The third kappa shape index (κ3) is 6.55.